The molecule has 2 aromatic carbocycles. The molecule has 0 amide bonds. The summed E-state index contributed by atoms with van der Waals surface area (Å²) in [6.07, 6.45) is 4.37. The van der Waals surface area contributed by atoms with Crippen LogP contribution in [0.15, 0.2) is 54.6 Å². The highest BCUT2D eigenvalue weighted by atomic mass is 35.5. The van der Waals surface area contributed by atoms with Gasteiger partial charge < -0.3 is 5.09 Å². The van der Waals surface area contributed by atoms with E-state index < -0.39 is 7.29 Å². The Balaban J connectivity index is 1.81. The molecule has 6 heteroatoms. The summed E-state index contributed by atoms with van der Waals surface area (Å²) in [6, 6.07) is 16.9. The Morgan fingerprint density at radius 3 is 2.60 bits per heavy atom. The van der Waals surface area contributed by atoms with E-state index in [2.05, 4.69) is 5.09 Å². The molecule has 0 saturated carbocycles. The Bertz CT molecular complexity index is 918. The van der Waals surface area contributed by atoms with Crippen molar-refractivity contribution in [1.29, 1.82) is 0 Å². The first-order valence-corrected chi connectivity index (χ1v) is 11.2. The smallest absolute Gasteiger partial charge is 0.254 e. The summed E-state index contributed by atoms with van der Waals surface area (Å²) < 4.78 is 14.8. The average molecular weight is 389 g/mol. The minimum absolute atomic E-state index is 0.614. The number of hydrogen-bond donors (Lipinski definition) is 1. The molecule has 1 aliphatic carbocycles. The summed E-state index contributed by atoms with van der Waals surface area (Å²) in [5.41, 5.74) is 1.86. The molecule has 0 fully saturated rings. The Kier molecular flexibility index (Phi) is 4.68. The van der Waals surface area contributed by atoms with Gasteiger partial charge in [0.1, 0.15) is 0 Å². The van der Waals surface area contributed by atoms with Crippen molar-refractivity contribution in [1.82, 2.24) is 4.98 Å². The highest BCUT2D eigenvalue weighted by molar-refractivity contribution is 7.84. The van der Waals surface area contributed by atoms with Crippen LogP contribution in [0.2, 0.25) is 5.02 Å². The first-order chi connectivity index (χ1) is 12.1. The second kappa shape index (κ2) is 6.95. The van der Waals surface area contributed by atoms with E-state index >= 15 is 0 Å². The standard InChI is InChI=1S/C19H18ClN2OPS/c20-14-7-6-8-15(13-14)22-24(23,16-9-2-1-3-10-16)19-21-17-11-4-5-12-18(17)25-19/h1-3,6-10,13H,4-5,11-12H2,(H,22,23). The van der Waals surface area contributed by atoms with Crippen molar-refractivity contribution in [3.05, 3.63) is 70.2 Å². The SMILES string of the molecule is O=P(Nc1cccc(Cl)c1)(c1ccccc1)c1nc2c(s1)CCCC2. The predicted molar refractivity (Wildman–Crippen MR) is 107 cm³/mol. The highest BCUT2D eigenvalue weighted by Gasteiger charge is 2.32. The van der Waals surface area contributed by atoms with Crippen molar-refractivity contribution < 1.29 is 4.57 Å². The van der Waals surface area contributed by atoms with Crippen LogP contribution in [0, 0.1) is 0 Å². The predicted octanol–water partition coefficient (Wildman–Crippen LogP) is 5.02. The zero-order chi connectivity index (χ0) is 17.3. The number of rotatable bonds is 4. The summed E-state index contributed by atoms with van der Waals surface area (Å²) >= 11 is 7.70. The number of thiazole rings is 1. The minimum atomic E-state index is -3.07. The van der Waals surface area contributed by atoms with Crippen LogP contribution < -0.4 is 15.1 Å². The van der Waals surface area contributed by atoms with Crippen LogP contribution in [0.5, 0.6) is 0 Å². The zero-order valence-electron chi connectivity index (χ0n) is 13.6. The van der Waals surface area contributed by atoms with Crippen molar-refractivity contribution >= 4 is 46.0 Å². The lowest BCUT2D eigenvalue weighted by Crippen LogP contribution is -2.21. The Labute approximate surface area is 156 Å². The number of nitrogens with one attached hydrogen (secondary N) is 1. The molecule has 0 spiro atoms. The van der Waals surface area contributed by atoms with Crippen LogP contribution in [-0.2, 0) is 17.4 Å². The molecule has 4 rings (SSSR count). The van der Waals surface area contributed by atoms with Crippen LogP contribution >= 0.6 is 30.2 Å². The second-order valence-electron chi connectivity index (χ2n) is 6.14. The van der Waals surface area contributed by atoms with Gasteiger partial charge in [-0.05, 0) is 56.0 Å². The first-order valence-electron chi connectivity index (χ1n) is 8.34. The molecule has 128 valence electrons. The van der Waals surface area contributed by atoms with E-state index in [0.29, 0.717) is 9.77 Å². The van der Waals surface area contributed by atoms with Gasteiger partial charge in [-0.1, -0.05) is 35.9 Å². The maximum atomic E-state index is 14.1. The molecule has 1 heterocycles. The quantitative estimate of drug-likeness (QED) is 0.638. The van der Waals surface area contributed by atoms with Crippen molar-refractivity contribution in [3.63, 3.8) is 0 Å². The van der Waals surface area contributed by atoms with Gasteiger partial charge in [-0.25, -0.2) is 4.98 Å². The summed E-state index contributed by atoms with van der Waals surface area (Å²) in [5, 5.41) is 4.64. The largest absolute Gasteiger partial charge is 0.328 e. The van der Waals surface area contributed by atoms with Crippen LogP contribution in [-0.4, -0.2) is 4.98 Å². The molecule has 3 nitrogen and oxygen atoms in total. The third-order valence-corrected chi connectivity index (χ3v) is 8.81. The van der Waals surface area contributed by atoms with E-state index in [1.165, 1.54) is 11.3 Å². The summed E-state index contributed by atoms with van der Waals surface area (Å²) in [5.74, 6) is 0. The Morgan fingerprint density at radius 2 is 1.84 bits per heavy atom. The molecule has 0 bridgehead atoms. The first kappa shape index (κ1) is 16.8. The molecule has 1 atom stereocenters. The fourth-order valence-corrected chi connectivity index (χ4v) is 7.25. The van der Waals surface area contributed by atoms with Crippen molar-refractivity contribution in [3.8, 4) is 0 Å². The lowest BCUT2D eigenvalue weighted by atomic mass is 10.0. The molecular formula is C19H18ClN2OPS. The molecule has 0 radical (unpaired) electrons. The Hall–Kier alpha value is -1.61. The van der Waals surface area contributed by atoms with Crippen molar-refractivity contribution in [2.45, 2.75) is 25.7 Å². The normalized spacial score (nSPS) is 16.0. The lowest BCUT2D eigenvalue weighted by molar-refractivity contribution is 0.590. The molecule has 1 aromatic heterocycles. The lowest BCUT2D eigenvalue weighted by Gasteiger charge is -2.19. The van der Waals surface area contributed by atoms with Crippen LogP contribution in [0.3, 0.4) is 0 Å². The van der Waals surface area contributed by atoms with Gasteiger partial charge in [0.2, 0.25) is 0 Å². The maximum absolute atomic E-state index is 14.1. The fraction of sp³-hybridized carbons (Fsp3) is 0.211. The van der Waals surface area contributed by atoms with Gasteiger partial charge in [0.25, 0.3) is 7.29 Å². The van der Waals surface area contributed by atoms with Crippen LogP contribution in [0.4, 0.5) is 5.69 Å². The van der Waals surface area contributed by atoms with E-state index in [9.17, 15) is 4.57 Å². The summed E-state index contributed by atoms with van der Waals surface area (Å²) in [6.45, 7) is 0. The van der Waals surface area contributed by atoms with Gasteiger partial charge in [0, 0.05) is 20.9 Å². The van der Waals surface area contributed by atoms with E-state index in [1.807, 2.05) is 48.5 Å². The van der Waals surface area contributed by atoms with E-state index in [4.69, 9.17) is 16.6 Å². The van der Waals surface area contributed by atoms with Crippen molar-refractivity contribution in [2.24, 2.45) is 0 Å². The number of aryl methyl sites for hydroxylation is 2. The number of hydrogen-bond acceptors (Lipinski definition) is 3. The highest BCUT2D eigenvalue weighted by Crippen LogP contribution is 2.45. The van der Waals surface area contributed by atoms with Crippen molar-refractivity contribution in [2.75, 3.05) is 5.09 Å². The van der Waals surface area contributed by atoms with E-state index in [0.717, 1.165) is 35.9 Å². The fourth-order valence-electron chi connectivity index (χ4n) is 3.07. The molecular weight excluding hydrogens is 371 g/mol. The second-order valence-corrected chi connectivity index (χ2v) is 10.3. The Morgan fingerprint density at radius 1 is 1.04 bits per heavy atom. The molecule has 1 unspecified atom stereocenters. The van der Waals surface area contributed by atoms with Gasteiger partial charge >= 0.3 is 0 Å². The molecule has 1 N–H and O–H groups in total. The van der Waals surface area contributed by atoms with E-state index in [-0.39, 0.29) is 0 Å². The van der Waals surface area contributed by atoms with E-state index in [1.54, 1.807) is 17.4 Å². The third kappa shape index (κ3) is 3.39. The average Bonchev–Trinajstić information content (AvgIpc) is 3.07. The number of fused-ring (bicyclic) bond motifs is 1. The molecule has 3 aromatic rings. The number of halogens is 1. The summed E-state index contributed by atoms with van der Waals surface area (Å²) in [4.78, 5) is 6.06. The topological polar surface area (TPSA) is 42.0 Å². The van der Waals surface area contributed by atoms with Gasteiger partial charge in [-0.3, -0.25) is 4.57 Å². The maximum Gasteiger partial charge on any atom is 0.254 e. The zero-order valence-corrected chi connectivity index (χ0v) is 16.1. The summed E-state index contributed by atoms with van der Waals surface area (Å²) in [7, 11) is -3.07. The monoisotopic (exact) mass is 388 g/mol. The third-order valence-electron chi connectivity index (χ3n) is 4.33. The molecule has 25 heavy (non-hydrogen) atoms. The van der Waals surface area contributed by atoms with Gasteiger partial charge in [0.15, 0.2) is 4.75 Å². The number of benzene rings is 2. The van der Waals surface area contributed by atoms with Crippen LogP contribution in [0.1, 0.15) is 23.4 Å². The van der Waals surface area contributed by atoms with Crippen LogP contribution in [0.25, 0.3) is 0 Å². The molecule has 0 saturated heterocycles. The molecule has 0 aliphatic heterocycles. The number of anilines is 1. The van der Waals surface area contributed by atoms with Gasteiger partial charge in [-0.15, -0.1) is 11.3 Å². The molecule has 1 aliphatic rings. The van der Waals surface area contributed by atoms with Gasteiger partial charge in [-0.2, -0.15) is 0 Å². The number of nitrogens with zero attached hydrogens (tertiary/aromatic N) is 1. The number of aromatic nitrogens is 1. The minimum Gasteiger partial charge on any atom is -0.328 e. The van der Waals surface area contributed by atoms with Gasteiger partial charge in [0.05, 0.1) is 5.69 Å².